The van der Waals surface area contributed by atoms with Gasteiger partial charge in [-0.05, 0) is 24.6 Å². The van der Waals surface area contributed by atoms with Gasteiger partial charge < -0.3 is 9.47 Å². The molecule has 0 aliphatic carbocycles. The fourth-order valence-corrected chi connectivity index (χ4v) is 1.51. The molecule has 0 heterocycles. The van der Waals surface area contributed by atoms with Gasteiger partial charge in [0.1, 0.15) is 6.61 Å². The number of amides is 1. The highest BCUT2D eigenvalue weighted by atomic mass is 35.5. The molecule has 0 unspecified atom stereocenters. The lowest BCUT2D eigenvalue weighted by Crippen LogP contribution is -2.18. The summed E-state index contributed by atoms with van der Waals surface area (Å²) in [6, 6.07) is 4.91. The van der Waals surface area contributed by atoms with Crippen molar-refractivity contribution in [2.75, 3.05) is 6.61 Å². The van der Waals surface area contributed by atoms with Gasteiger partial charge >= 0.3 is 12.1 Å². The van der Waals surface area contributed by atoms with Crippen molar-refractivity contribution in [2.45, 2.75) is 13.5 Å². The first-order valence-electron chi connectivity index (χ1n) is 5.73. The summed E-state index contributed by atoms with van der Waals surface area (Å²) >= 11 is 11.6. The third-order valence-electron chi connectivity index (χ3n) is 2.06. The number of carbonyl (C=O) groups is 2. The Morgan fingerprint density at radius 2 is 2.00 bits per heavy atom. The van der Waals surface area contributed by atoms with Crippen molar-refractivity contribution in [2.24, 2.45) is 0 Å². The molecule has 20 heavy (non-hydrogen) atoms. The van der Waals surface area contributed by atoms with Crippen LogP contribution in [0.25, 0.3) is 0 Å². The predicted molar refractivity (Wildman–Crippen MR) is 75.6 cm³/mol. The van der Waals surface area contributed by atoms with Crippen LogP contribution in [-0.2, 0) is 20.9 Å². The summed E-state index contributed by atoms with van der Waals surface area (Å²) in [6.45, 7) is 1.99. The van der Waals surface area contributed by atoms with Crippen LogP contribution >= 0.6 is 23.2 Å². The molecular weight excluding hydrogens is 305 g/mol. The van der Waals surface area contributed by atoms with Crippen LogP contribution in [0, 0.1) is 0 Å². The molecule has 7 heteroatoms. The minimum Gasteiger partial charge on any atom is -0.463 e. The zero-order valence-corrected chi connectivity index (χ0v) is 12.2. The van der Waals surface area contributed by atoms with E-state index in [0.29, 0.717) is 15.6 Å². The largest absolute Gasteiger partial charge is 0.463 e. The molecule has 0 saturated carbocycles. The maximum atomic E-state index is 11.3. The highest BCUT2D eigenvalue weighted by Gasteiger charge is 2.03. The highest BCUT2D eigenvalue weighted by molar-refractivity contribution is 6.42. The van der Waals surface area contributed by atoms with E-state index in [2.05, 4.69) is 10.1 Å². The molecule has 1 N–H and O–H groups in total. The molecule has 0 aliphatic heterocycles. The minimum atomic E-state index is -0.698. The maximum absolute atomic E-state index is 11.3. The average Bonchev–Trinajstić information content (AvgIpc) is 2.40. The molecule has 1 rings (SSSR count). The Labute approximate surface area is 126 Å². The standard InChI is InChI=1S/C13H13Cl2NO4/c1-2-19-12(17)5-6-16-13(18)20-8-9-3-4-10(14)11(15)7-9/h3-7H,2,8H2,1H3,(H,16,18)/b6-5+. The molecule has 1 aromatic carbocycles. The molecule has 108 valence electrons. The SMILES string of the molecule is CCOC(=O)/C=C/NC(=O)OCc1ccc(Cl)c(Cl)c1. The molecule has 1 aromatic rings. The topological polar surface area (TPSA) is 64.6 Å². The van der Waals surface area contributed by atoms with Crippen molar-refractivity contribution in [1.82, 2.24) is 5.32 Å². The number of esters is 1. The van der Waals surface area contributed by atoms with Gasteiger partial charge in [0.2, 0.25) is 0 Å². The smallest absolute Gasteiger partial charge is 0.411 e. The first-order chi connectivity index (χ1) is 9.52. The quantitative estimate of drug-likeness (QED) is 0.668. The molecule has 0 spiro atoms. The molecular formula is C13H13Cl2NO4. The summed E-state index contributed by atoms with van der Waals surface area (Å²) in [7, 11) is 0. The lowest BCUT2D eigenvalue weighted by atomic mass is 10.2. The van der Waals surface area contributed by atoms with Gasteiger partial charge in [-0.2, -0.15) is 0 Å². The Hall–Kier alpha value is -1.72. The van der Waals surface area contributed by atoms with E-state index in [9.17, 15) is 9.59 Å². The summed E-state index contributed by atoms with van der Waals surface area (Å²) < 4.78 is 9.54. The molecule has 0 saturated heterocycles. The van der Waals surface area contributed by atoms with Crippen LogP contribution < -0.4 is 5.32 Å². The van der Waals surface area contributed by atoms with Gasteiger partial charge in [-0.1, -0.05) is 29.3 Å². The normalized spacial score (nSPS) is 10.3. The zero-order chi connectivity index (χ0) is 15.0. The fourth-order valence-electron chi connectivity index (χ4n) is 1.19. The summed E-state index contributed by atoms with van der Waals surface area (Å²) in [4.78, 5) is 22.3. The molecule has 0 aromatic heterocycles. The lowest BCUT2D eigenvalue weighted by Gasteiger charge is -2.05. The van der Waals surface area contributed by atoms with Gasteiger partial charge in [0.15, 0.2) is 0 Å². The number of halogens is 2. The Kier molecular flexibility index (Phi) is 6.90. The second-order valence-electron chi connectivity index (χ2n) is 3.55. The van der Waals surface area contributed by atoms with Crippen LogP contribution in [0.2, 0.25) is 10.0 Å². The number of hydrogen-bond donors (Lipinski definition) is 1. The van der Waals surface area contributed by atoms with E-state index >= 15 is 0 Å². The molecule has 0 bridgehead atoms. The summed E-state index contributed by atoms with van der Waals surface area (Å²) in [5.41, 5.74) is 0.698. The molecule has 5 nitrogen and oxygen atoms in total. The van der Waals surface area contributed by atoms with Crippen molar-refractivity contribution in [3.63, 3.8) is 0 Å². The average molecular weight is 318 g/mol. The van der Waals surface area contributed by atoms with Gasteiger partial charge in [0, 0.05) is 12.3 Å². The van der Waals surface area contributed by atoms with Gasteiger partial charge in [-0.15, -0.1) is 0 Å². The Balaban J connectivity index is 2.36. The van der Waals surface area contributed by atoms with Gasteiger partial charge in [0.25, 0.3) is 0 Å². The Morgan fingerprint density at radius 3 is 2.65 bits per heavy atom. The van der Waals surface area contributed by atoms with Crippen molar-refractivity contribution in [1.29, 1.82) is 0 Å². The van der Waals surface area contributed by atoms with Gasteiger partial charge in [-0.3, -0.25) is 5.32 Å². The second kappa shape index (κ2) is 8.45. The number of rotatable bonds is 5. The second-order valence-corrected chi connectivity index (χ2v) is 4.37. The molecule has 0 aliphatic rings. The number of benzene rings is 1. The third-order valence-corrected chi connectivity index (χ3v) is 2.80. The molecule has 1 amide bonds. The number of carbonyl (C=O) groups excluding carboxylic acids is 2. The van der Waals surface area contributed by atoms with Crippen molar-refractivity contribution in [3.8, 4) is 0 Å². The van der Waals surface area contributed by atoms with Crippen LogP contribution in [0.3, 0.4) is 0 Å². The van der Waals surface area contributed by atoms with Crippen molar-refractivity contribution < 1.29 is 19.1 Å². The lowest BCUT2D eigenvalue weighted by molar-refractivity contribution is -0.137. The molecule has 0 fully saturated rings. The predicted octanol–water partition coefficient (Wildman–Crippen LogP) is 3.30. The Morgan fingerprint density at radius 1 is 1.25 bits per heavy atom. The summed E-state index contributed by atoms with van der Waals surface area (Å²) in [5, 5.41) is 3.08. The minimum absolute atomic E-state index is 0.0377. The third kappa shape index (κ3) is 5.95. The molecule has 0 radical (unpaired) electrons. The number of nitrogens with one attached hydrogen (secondary N) is 1. The Bertz CT molecular complexity index is 517. The summed E-state index contributed by atoms with van der Waals surface area (Å²) in [6.07, 6.45) is 1.54. The van der Waals surface area contributed by atoms with Gasteiger partial charge in [0.05, 0.1) is 16.7 Å². The van der Waals surface area contributed by atoms with Crippen LogP contribution in [0.5, 0.6) is 0 Å². The van der Waals surface area contributed by atoms with E-state index < -0.39 is 12.1 Å². The molecule has 0 atom stereocenters. The van der Waals surface area contributed by atoms with Crippen LogP contribution in [0.4, 0.5) is 4.79 Å². The monoisotopic (exact) mass is 317 g/mol. The van der Waals surface area contributed by atoms with Gasteiger partial charge in [-0.25, -0.2) is 9.59 Å². The van der Waals surface area contributed by atoms with E-state index in [0.717, 1.165) is 12.3 Å². The fraction of sp³-hybridized carbons (Fsp3) is 0.231. The first kappa shape index (κ1) is 16.3. The van der Waals surface area contributed by atoms with E-state index in [-0.39, 0.29) is 13.2 Å². The number of hydrogen-bond acceptors (Lipinski definition) is 4. The van der Waals surface area contributed by atoms with Crippen molar-refractivity contribution in [3.05, 3.63) is 46.1 Å². The van der Waals surface area contributed by atoms with Crippen LogP contribution in [-0.4, -0.2) is 18.7 Å². The first-order valence-corrected chi connectivity index (χ1v) is 6.49. The van der Waals surface area contributed by atoms with Crippen LogP contribution in [0.1, 0.15) is 12.5 Å². The number of ether oxygens (including phenoxy) is 2. The maximum Gasteiger partial charge on any atom is 0.411 e. The zero-order valence-electron chi connectivity index (χ0n) is 10.7. The highest BCUT2D eigenvalue weighted by Crippen LogP contribution is 2.22. The summed E-state index contributed by atoms with van der Waals surface area (Å²) in [5.74, 6) is -0.544. The number of alkyl carbamates (subject to hydrolysis) is 1. The van der Waals surface area contributed by atoms with E-state index in [4.69, 9.17) is 27.9 Å². The van der Waals surface area contributed by atoms with E-state index in [1.807, 2.05) is 0 Å². The van der Waals surface area contributed by atoms with Crippen molar-refractivity contribution >= 4 is 35.3 Å². The van der Waals surface area contributed by atoms with E-state index in [1.165, 1.54) is 0 Å². The van der Waals surface area contributed by atoms with E-state index in [1.54, 1.807) is 25.1 Å². The van der Waals surface area contributed by atoms with Crippen LogP contribution in [0.15, 0.2) is 30.5 Å².